The van der Waals surface area contributed by atoms with Crippen molar-refractivity contribution < 1.29 is 23.1 Å². The van der Waals surface area contributed by atoms with Crippen LogP contribution < -0.4 is 5.32 Å². The minimum atomic E-state index is -2.67. The van der Waals surface area contributed by atoms with Crippen LogP contribution in [0.3, 0.4) is 0 Å². The summed E-state index contributed by atoms with van der Waals surface area (Å²) in [5.74, 6) is -0.863. The van der Waals surface area contributed by atoms with Gasteiger partial charge in [0.15, 0.2) is 5.65 Å². The molecule has 0 aliphatic heterocycles. The number of amides is 1. The van der Waals surface area contributed by atoms with E-state index in [1.165, 1.54) is 22.1 Å². The Morgan fingerprint density at radius 1 is 1.24 bits per heavy atom. The van der Waals surface area contributed by atoms with E-state index in [2.05, 4.69) is 15.4 Å². The Balaban J connectivity index is 1.65. The highest BCUT2D eigenvalue weighted by molar-refractivity contribution is 7.17. The summed E-state index contributed by atoms with van der Waals surface area (Å²) in [6, 6.07) is 1.34. The molecule has 0 saturated heterocycles. The maximum atomic E-state index is 13.6. The van der Waals surface area contributed by atoms with E-state index in [1.54, 1.807) is 27.7 Å². The Kier molecular flexibility index (Phi) is 6.47. The minimum absolute atomic E-state index is 0.147. The van der Waals surface area contributed by atoms with E-state index in [0.29, 0.717) is 22.0 Å². The number of anilines is 1. The zero-order chi connectivity index (χ0) is 23.9. The first-order valence-electron chi connectivity index (χ1n) is 10.9. The molecule has 10 heteroatoms. The number of aromatic nitrogens is 3. The van der Waals surface area contributed by atoms with Crippen molar-refractivity contribution in [3.63, 3.8) is 0 Å². The normalized spacial score (nSPS) is 13.6. The van der Waals surface area contributed by atoms with Crippen LogP contribution in [0, 0.1) is 13.8 Å². The molecule has 3 aromatic heterocycles. The second kappa shape index (κ2) is 9.17. The maximum absolute atomic E-state index is 13.6. The SMILES string of the molecule is Cc1cc(C(F)F)c2c(C)nn(CC(=O)Nc3sc4c(c3C(=O)OC(C)C)CCCC4)c2n1. The van der Waals surface area contributed by atoms with Crippen molar-refractivity contribution in [2.24, 2.45) is 0 Å². The topological polar surface area (TPSA) is 86.1 Å². The van der Waals surface area contributed by atoms with Crippen molar-refractivity contribution in [3.8, 4) is 0 Å². The highest BCUT2D eigenvalue weighted by atomic mass is 32.1. The number of fused-ring (bicyclic) bond motifs is 2. The molecule has 7 nitrogen and oxygen atoms in total. The molecular weight excluding hydrogens is 450 g/mol. The molecule has 0 bridgehead atoms. The minimum Gasteiger partial charge on any atom is -0.459 e. The average Bonchev–Trinajstić information content (AvgIpc) is 3.23. The van der Waals surface area contributed by atoms with Gasteiger partial charge in [-0.1, -0.05) is 0 Å². The number of halogens is 2. The second-order valence-electron chi connectivity index (χ2n) is 8.51. The first kappa shape index (κ1) is 23.3. The molecule has 1 aliphatic rings. The van der Waals surface area contributed by atoms with Gasteiger partial charge in [-0.05, 0) is 65.0 Å². The fourth-order valence-corrected chi connectivity index (χ4v) is 5.54. The van der Waals surface area contributed by atoms with E-state index in [9.17, 15) is 18.4 Å². The van der Waals surface area contributed by atoms with Gasteiger partial charge in [0.1, 0.15) is 11.5 Å². The molecule has 1 aliphatic carbocycles. The molecule has 0 radical (unpaired) electrons. The van der Waals surface area contributed by atoms with E-state index in [-0.39, 0.29) is 29.2 Å². The van der Waals surface area contributed by atoms with Crippen molar-refractivity contribution in [2.45, 2.75) is 72.5 Å². The van der Waals surface area contributed by atoms with Gasteiger partial charge in [0.2, 0.25) is 5.91 Å². The molecular formula is C23H26F2N4O3S. The van der Waals surface area contributed by atoms with E-state index in [0.717, 1.165) is 36.1 Å². The summed E-state index contributed by atoms with van der Waals surface area (Å²) >= 11 is 1.40. The molecule has 0 unspecified atom stereocenters. The molecule has 3 heterocycles. The van der Waals surface area contributed by atoms with Crippen LogP contribution in [-0.4, -0.2) is 32.7 Å². The standard InChI is InChI=1S/C23H26F2N4O3S/c1-11(2)32-23(31)19-14-7-5-6-8-16(14)33-22(19)27-17(30)10-29-21-18(13(4)28-29)15(20(24)25)9-12(3)26-21/h9,11,20H,5-8,10H2,1-4H3,(H,27,30). The van der Waals surface area contributed by atoms with Gasteiger partial charge >= 0.3 is 5.97 Å². The van der Waals surface area contributed by atoms with Crippen LogP contribution in [0.2, 0.25) is 0 Å². The summed E-state index contributed by atoms with van der Waals surface area (Å²) in [4.78, 5) is 31.2. The number of thiophene rings is 1. The van der Waals surface area contributed by atoms with E-state index < -0.39 is 18.3 Å². The van der Waals surface area contributed by atoms with Crippen LogP contribution in [-0.2, 0) is 28.9 Å². The van der Waals surface area contributed by atoms with Crippen LogP contribution >= 0.6 is 11.3 Å². The summed E-state index contributed by atoms with van der Waals surface area (Å²) < 4.78 is 33.9. The van der Waals surface area contributed by atoms with Gasteiger partial charge in [-0.15, -0.1) is 11.3 Å². The number of alkyl halides is 2. The number of pyridine rings is 1. The Bertz CT molecular complexity index is 1230. The third kappa shape index (κ3) is 4.62. The molecule has 0 saturated carbocycles. The monoisotopic (exact) mass is 476 g/mol. The summed E-state index contributed by atoms with van der Waals surface area (Å²) in [5, 5.41) is 7.85. The second-order valence-corrected chi connectivity index (χ2v) is 9.62. The number of nitrogens with zero attached hydrogens (tertiary/aromatic N) is 3. The van der Waals surface area contributed by atoms with Crippen LogP contribution in [0.15, 0.2) is 6.07 Å². The van der Waals surface area contributed by atoms with E-state index >= 15 is 0 Å². The number of carbonyl (C=O) groups excluding carboxylic acids is 2. The van der Waals surface area contributed by atoms with Crippen molar-refractivity contribution in [1.82, 2.24) is 14.8 Å². The van der Waals surface area contributed by atoms with Gasteiger partial charge in [-0.2, -0.15) is 5.10 Å². The van der Waals surface area contributed by atoms with Gasteiger partial charge in [0.25, 0.3) is 6.43 Å². The Morgan fingerprint density at radius 2 is 1.97 bits per heavy atom. The van der Waals surface area contributed by atoms with E-state index in [4.69, 9.17) is 4.74 Å². The number of hydrogen-bond acceptors (Lipinski definition) is 6. The zero-order valence-electron chi connectivity index (χ0n) is 19.0. The lowest BCUT2D eigenvalue weighted by Gasteiger charge is -2.14. The van der Waals surface area contributed by atoms with Crippen LogP contribution in [0.25, 0.3) is 11.0 Å². The smallest absolute Gasteiger partial charge is 0.341 e. The number of rotatable bonds is 6. The highest BCUT2D eigenvalue weighted by Gasteiger charge is 2.28. The third-order valence-corrected chi connectivity index (χ3v) is 6.74. The Morgan fingerprint density at radius 3 is 2.67 bits per heavy atom. The largest absolute Gasteiger partial charge is 0.459 e. The van der Waals surface area contributed by atoms with Crippen LogP contribution in [0.1, 0.15) is 70.9 Å². The van der Waals surface area contributed by atoms with Gasteiger partial charge in [0, 0.05) is 16.1 Å². The van der Waals surface area contributed by atoms with Crippen LogP contribution in [0.4, 0.5) is 13.8 Å². The number of carbonyl (C=O) groups is 2. The predicted octanol–water partition coefficient (Wildman–Crippen LogP) is 5.13. The number of ether oxygens (including phenoxy) is 1. The van der Waals surface area contributed by atoms with Crippen molar-refractivity contribution >= 4 is 39.2 Å². The molecule has 1 N–H and O–H groups in total. The molecule has 0 atom stereocenters. The fourth-order valence-electron chi connectivity index (χ4n) is 4.24. The molecule has 0 fully saturated rings. The lowest BCUT2D eigenvalue weighted by atomic mass is 9.95. The lowest BCUT2D eigenvalue weighted by molar-refractivity contribution is -0.116. The first-order valence-corrected chi connectivity index (χ1v) is 11.8. The highest BCUT2D eigenvalue weighted by Crippen LogP contribution is 2.39. The van der Waals surface area contributed by atoms with Gasteiger partial charge in [0.05, 0.1) is 22.7 Å². The molecule has 0 spiro atoms. The van der Waals surface area contributed by atoms with Crippen molar-refractivity contribution in [2.75, 3.05) is 5.32 Å². The van der Waals surface area contributed by atoms with Gasteiger partial charge < -0.3 is 10.1 Å². The third-order valence-electron chi connectivity index (χ3n) is 5.54. The molecule has 33 heavy (non-hydrogen) atoms. The molecule has 4 rings (SSSR count). The predicted molar refractivity (Wildman–Crippen MR) is 122 cm³/mol. The maximum Gasteiger partial charge on any atom is 0.341 e. The molecule has 0 aromatic carbocycles. The summed E-state index contributed by atoms with van der Waals surface area (Å²) in [6.07, 6.45) is 0.695. The number of nitrogens with one attached hydrogen (secondary N) is 1. The van der Waals surface area contributed by atoms with Crippen molar-refractivity contribution in [1.29, 1.82) is 0 Å². The summed E-state index contributed by atoms with van der Waals surface area (Å²) in [6.45, 7) is 6.59. The lowest BCUT2D eigenvalue weighted by Crippen LogP contribution is -2.21. The molecule has 176 valence electrons. The zero-order valence-corrected chi connectivity index (χ0v) is 19.8. The number of hydrogen-bond donors (Lipinski definition) is 1. The number of aryl methyl sites for hydroxylation is 3. The molecule has 3 aromatic rings. The fraction of sp³-hybridized carbons (Fsp3) is 0.478. The molecule has 1 amide bonds. The van der Waals surface area contributed by atoms with E-state index in [1.807, 2.05) is 0 Å². The summed E-state index contributed by atoms with van der Waals surface area (Å²) in [5.41, 5.74) is 2.27. The Labute approximate surface area is 194 Å². The average molecular weight is 477 g/mol. The first-order chi connectivity index (χ1) is 15.7. The van der Waals surface area contributed by atoms with Crippen molar-refractivity contribution in [3.05, 3.63) is 39.0 Å². The van der Waals surface area contributed by atoms with Gasteiger partial charge in [-0.3, -0.25) is 4.79 Å². The number of esters is 1. The van der Waals surface area contributed by atoms with Crippen LogP contribution in [0.5, 0.6) is 0 Å². The van der Waals surface area contributed by atoms with Gasteiger partial charge in [-0.25, -0.2) is 23.2 Å². The quantitative estimate of drug-likeness (QED) is 0.499. The summed E-state index contributed by atoms with van der Waals surface area (Å²) in [7, 11) is 0. The Hall–Kier alpha value is -2.88.